The van der Waals surface area contributed by atoms with Gasteiger partial charge >= 0.3 is 0 Å². The molecule has 0 spiro atoms. The number of benzene rings is 1. The maximum absolute atomic E-state index is 13.4. The molecule has 0 radical (unpaired) electrons. The second-order valence-electron chi connectivity index (χ2n) is 4.56. The van der Waals surface area contributed by atoms with E-state index >= 15 is 0 Å². The molecule has 3 heteroatoms. The van der Waals surface area contributed by atoms with Gasteiger partial charge in [-0.3, -0.25) is 0 Å². The summed E-state index contributed by atoms with van der Waals surface area (Å²) in [5.74, 6) is 0.260. The van der Waals surface area contributed by atoms with Crippen molar-refractivity contribution in [3.8, 4) is 5.75 Å². The van der Waals surface area contributed by atoms with E-state index in [1.54, 1.807) is 0 Å². The smallest absolute Gasteiger partial charge is 0.127 e. The van der Waals surface area contributed by atoms with Crippen molar-refractivity contribution in [3.63, 3.8) is 0 Å². The molecule has 0 amide bonds. The standard InChI is InChI=1S/C15H22FNO/c1-4-11(3)10-18-15-8-12(6-13(16)9-15)7-14(17)5-2/h6,8-9,14H,3-5,7,10,17H2,1-2H3. The van der Waals surface area contributed by atoms with Crippen molar-refractivity contribution in [1.82, 2.24) is 0 Å². The minimum Gasteiger partial charge on any atom is -0.489 e. The van der Waals surface area contributed by atoms with Gasteiger partial charge in [0.1, 0.15) is 18.2 Å². The summed E-state index contributed by atoms with van der Waals surface area (Å²) in [5.41, 5.74) is 7.74. The van der Waals surface area contributed by atoms with Gasteiger partial charge < -0.3 is 10.5 Å². The third kappa shape index (κ3) is 4.88. The van der Waals surface area contributed by atoms with Gasteiger partial charge in [0.2, 0.25) is 0 Å². The van der Waals surface area contributed by atoms with Crippen LogP contribution in [0.25, 0.3) is 0 Å². The van der Waals surface area contributed by atoms with E-state index in [1.165, 1.54) is 12.1 Å². The van der Waals surface area contributed by atoms with E-state index in [2.05, 4.69) is 6.58 Å². The molecule has 1 unspecified atom stereocenters. The maximum atomic E-state index is 13.4. The molecule has 0 aliphatic carbocycles. The molecule has 100 valence electrons. The van der Waals surface area contributed by atoms with Crippen LogP contribution in [0, 0.1) is 5.82 Å². The Balaban J connectivity index is 2.71. The first-order chi connectivity index (χ1) is 8.55. The molecule has 18 heavy (non-hydrogen) atoms. The number of halogens is 1. The van der Waals surface area contributed by atoms with Crippen molar-refractivity contribution in [1.29, 1.82) is 0 Å². The first-order valence-electron chi connectivity index (χ1n) is 6.39. The van der Waals surface area contributed by atoms with Crippen LogP contribution < -0.4 is 10.5 Å². The van der Waals surface area contributed by atoms with Crippen molar-refractivity contribution in [2.24, 2.45) is 5.73 Å². The Morgan fingerprint density at radius 1 is 1.39 bits per heavy atom. The number of hydrogen-bond acceptors (Lipinski definition) is 2. The Hall–Kier alpha value is -1.35. The van der Waals surface area contributed by atoms with E-state index in [0.717, 1.165) is 24.0 Å². The summed E-state index contributed by atoms with van der Waals surface area (Å²) in [6.07, 6.45) is 2.40. The summed E-state index contributed by atoms with van der Waals surface area (Å²) in [6, 6.07) is 4.81. The average Bonchev–Trinajstić information content (AvgIpc) is 2.35. The molecule has 0 aliphatic heterocycles. The monoisotopic (exact) mass is 251 g/mol. The predicted octanol–water partition coefficient (Wildman–Crippen LogP) is 3.45. The van der Waals surface area contributed by atoms with Crippen LogP contribution in [0.3, 0.4) is 0 Å². The molecule has 1 atom stereocenters. The molecule has 2 N–H and O–H groups in total. The van der Waals surface area contributed by atoms with Crippen LogP contribution in [0.4, 0.5) is 4.39 Å². The first kappa shape index (κ1) is 14.7. The van der Waals surface area contributed by atoms with Crippen LogP contribution in [0.2, 0.25) is 0 Å². The van der Waals surface area contributed by atoms with Crippen LogP contribution in [-0.4, -0.2) is 12.6 Å². The van der Waals surface area contributed by atoms with Crippen molar-refractivity contribution >= 4 is 0 Å². The average molecular weight is 251 g/mol. The zero-order valence-electron chi connectivity index (χ0n) is 11.2. The maximum Gasteiger partial charge on any atom is 0.127 e. The molecule has 0 aliphatic rings. The normalized spacial score (nSPS) is 12.2. The van der Waals surface area contributed by atoms with Crippen LogP contribution in [-0.2, 0) is 6.42 Å². The Morgan fingerprint density at radius 2 is 2.11 bits per heavy atom. The number of ether oxygens (including phenoxy) is 1. The van der Waals surface area contributed by atoms with Crippen LogP contribution >= 0.6 is 0 Å². The first-order valence-corrected chi connectivity index (χ1v) is 6.39. The van der Waals surface area contributed by atoms with Gasteiger partial charge in [-0.1, -0.05) is 20.4 Å². The molecule has 0 saturated carbocycles. The lowest BCUT2D eigenvalue weighted by molar-refractivity contribution is 0.346. The van der Waals surface area contributed by atoms with Crippen molar-refractivity contribution in [2.75, 3.05) is 6.61 Å². The molecule has 0 saturated heterocycles. The van der Waals surface area contributed by atoms with Crippen molar-refractivity contribution < 1.29 is 9.13 Å². The Morgan fingerprint density at radius 3 is 2.72 bits per heavy atom. The lowest BCUT2D eigenvalue weighted by atomic mass is 10.0. The topological polar surface area (TPSA) is 35.2 Å². The number of hydrogen-bond donors (Lipinski definition) is 1. The van der Waals surface area contributed by atoms with Gasteiger partial charge in [0.25, 0.3) is 0 Å². The highest BCUT2D eigenvalue weighted by molar-refractivity contribution is 5.30. The Kier molecular flexibility index (Phi) is 5.86. The fourth-order valence-corrected chi connectivity index (χ4v) is 1.56. The van der Waals surface area contributed by atoms with Gasteiger partial charge in [-0.05, 0) is 42.5 Å². The van der Waals surface area contributed by atoms with Crippen LogP contribution in [0.5, 0.6) is 5.75 Å². The summed E-state index contributed by atoms with van der Waals surface area (Å²) in [7, 11) is 0. The minimum atomic E-state index is -0.284. The quantitative estimate of drug-likeness (QED) is 0.753. The van der Waals surface area contributed by atoms with E-state index in [4.69, 9.17) is 10.5 Å². The van der Waals surface area contributed by atoms with Crippen molar-refractivity contribution in [2.45, 2.75) is 39.2 Å². The molecule has 2 nitrogen and oxygen atoms in total. The highest BCUT2D eigenvalue weighted by atomic mass is 19.1. The van der Waals surface area contributed by atoms with E-state index in [0.29, 0.717) is 18.8 Å². The van der Waals surface area contributed by atoms with Gasteiger partial charge in [0, 0.05) is 12.1 Å². The van der Waals surface area contributed by atoms with Gasteiger partial charge in [-0.15, -0.1) is 0 Å². The Bertz CT molecular complexity index is 403. The van der Waals surface area contributed by atoms with Crippen molar-refractivity contribution in [3.05, 3.63) is 41.7 Å². The van der Waals surface area contributed by atoms with Gasteiger partial charge in [-0.25, -0.2) is 4.39 Å². The summed E-state index contributed by atoms with van der Waals surface area (Å²) < 4.78 is 19.0. The third-order valence-corrected chi connectivity index (χ3v) is 2.90. The minimum absolute atomic E-state index is 0.0604. The zero-order chi connectivity index (χ0) is 13.5. The highest BCUT2D eigenvalue weighted by Gasteiger charge is 2.06. The SMILES string of the molecule is C=C(CC)COc1cc(F)cc(CC(N)CC)c1. The number of nitrogens with two attached hydrogens (primary N) is 1. The second kappa shape index (κ2) is 7.17. The fourth-order valence-electron chi connectivity index (χ4n) is 1.56. The summed E-state index contributed by atoms with van der Waals surface area (Å²) in [4.78, 5) is 0. The summed E-state index contributed by atoms with van der Waals surface area (Å²) >= 11 is 0. The molecule has 1 aromatic rings. The molecule has 0 fully saturated rings. The van der Waals surface area contributed by atoms with Crippen LogP contribution in [0.1, 0.15) is 32.3 Å². The summed E-state index contributed by atoms with van der Waals surface area (Å²) in [6.45, 7) is 8.32. The van der Waals surface area contributed by atoms with E-state index in [1.807, 2.05) is 19.9 Å². The molecular formula is C15H22FNO. The predicted molar refractivity (Wildman–Crippen MR) is 73.3 cm³/mol. The Labute approximate surface area is 109 Å². The van der Waals surface area contributed by atoms with Gasteiger partial charge in [-0.2, -0.15) is 0 Å². The molecule has 0 bridgehead atoms. The van der Waals surface area contributed by atoms with E-state index < -0.39 is 0 Å². The molecule has 0 aromatic heterocycles. The molecular weight excluding hydrogens is 229 g/mol. The second-order valence-corrected chi connectivity index (χ2v) is 4.56. The lowest BCUT2D eigenvalue weighted by Gasteiger charge is -2.12. The lowest BCUT2D eigenvalue weighted by Crippen LogP contribution is -2.21. The van der Waals surface area contributed by atoms with E-state index in [-0.39, 0.29) is 11.9 Å². The molecule has 0 heterocycles. The molecule has 1 aromatic carbocycles. The third-order valence-electron chi connectivity index (χ3n) is 2.90. The largest absolute Gasteiger partial charge is 0.489 e. The molecule has 1 rings (SSSR count). The zero-order valence-corrected chi connectivity index (χ0v) is 11.2. The number of rotatable bonds is 7. The fraction of sp³-hybridized carbons (Fsp3) is 0.467. The van der Waals surface area contributed by atoms with Gasteiger partial charge in [0.05, 0.1) is 0 Å². The van der Waals surface area contributed by atoms with Gasteiger partial charge in [0.15, 0.2) is 0 Å². The summed E-state index contributed by atoms with van der Waals surface area (Å²) in [5, 5.41) is 0. The van der Waals surface area contributed by atoms with Crippen LogP contribution in [0.15, 0.2) is 30.4 Å². The van der Waals surface area contributed by atoms with E-state index in [9.17, 15) is 4.39 Å². The highest BCUT2D eigenvalue weighted by Crippen LogP contribution is 2.18.